The fourth-order valence-corrected chi connectivity index (χ4v) is 2.23. The number of rotatable bonds is 3. The van der Waals surface area contributed by atoms with Crippen molar-refractivity contribution in [3.63, 3.8) is 0 Å². The summed E-state index contributed by atoms with van der Waals surface area (Å²) in [6.45, 7) is 3.55. The van der Waals surface area contributed by atoms with Gasteiger partial charge in [-0.2, -0.15) is 0 Å². The predicted octanol–water partition coefficient (Wildman–Crippen LogP) is 1.94. The van der Waals surface area contributed by atoms with Crippen molar-refractivity contribution in [2.45, 2.75) is 32.2 Å². The molecule has 1 atom stereocenters. The Hall–Kier alpha value is -1.36. The molecule has 1 N–H and O–H groups in total. The van der Waals surface area contributed by atoms with E-state index in [2.05, 4.69) is 15.3 Å². The van der Waals surface area contributed by atoms with Crippen molar-refractivity contribution in [1.82, 2.24) is 14.9 Å². The predicted molar refractivity (Wildman–Crippen MR) is 70.6 cm³/mol. The molecule has 1 fully saturated rings. The first-order valence-electron chi connectivity index (χ1n) is 6.20. The Morgan fingerprint density at radius 1 is 1.44 bits per heavy atom. The number of carbonyl (C=O) groups is 1. The lowest BCUT2D eigenvalue weighted by Gasteiger charge is -2.29. The summed E-state index contributed by atoms with van der Waals surface area (Å²) < 4.78 is 0. The highest BCUT2D eigenvalue weighted by Crippen LogP contribution is 2.12. The van der Waals surface area contributed by atoms with E-state index in [-0.39, 0.29) is 17.2 Å². The van der Waals surface area contributed by atoms with Crippen LogP contribution in [0.3, 0.4) is 0 Å². The lowest BCUT2D eigenvalue weighted by Crippen LogP contribution is -2.44. The maximum Gasteiger partial charge on any atom is 0.244 e. The zero-order valence-electron chi connectivity index (χ0n) is 10.4. The second-order valence-corrected chi connectivity index (χ2v) is 4.80. The van der Waals surface area contributed by atoms with E-state index >= 15 is 0 Å². The fourth-order valence-electron chi connectivity index (χ4n) is 2.09. The quantitative estimate of drug-likeness (QED) is 0.852. The summed E-state index contributed by atoms with van der Waals surface area (Å²) in [5.41, 5.74) is 0. The van der Waals surface area contributed by atoms with Gasteiger partial charge in [-0.3, -0.25) is 4.79 Å². The highest BCUT2D eigenvalue weighted by Gasteiger charge is 2.22. The van der Waals surface area contributed by atoms with E-state index in [1.807, 2.05) is 11.8 Å². The van der Waals surface area contributed by atoms with Crippen molar-refractivity contribution in [3.8, 4) is 0 Å². The molecule has 98 valence electrons. The minimum absolute atomic E-state index is 0.115. The summed E-state index contributed by atoms with van der Waals surface area (Å²) in [6.07, 6.45) is 4.97. The molecule has 1 aliphatic rings. The van der Waals surface area contributed by atoms with Crippen LogP contribution in [0.4, 0.5) is 5.82 Å². The molecule has 1 unspecified atom stereocenters. The molecule has 2 heterocycles. The second-order valence-electron chi connectivity index (χ2n) is 4.46. The molecule has 6 heteroatoms. The van der Waals surface area contributed by atoms with Gasteiger partial charge in [0.25, 0.3) is 0 Å². The molecule has 18 heavy (non-hydrogen) atoms. The van der Waals surface area contributed by atoms with Crippen LogP contribution in [0.2, 0.25) is 5.28 Å². The Balaban J connectivity index is 1.94. The fraction of sp³-hybridized carbons (Fsp3) is 0.583. The highest BCUT2D eigenvalue weighted by molar-refractivity contribution is 6.28. The molecule has 1 amide bonds. The van der Waals surface area contributed by atoms with Crippen LogP contribution in [0.15, 0.2) is 12.3 Å². The molecular formula is C12H17ClN4O. The van der Waals surface area contributed by atoms with E-state index in [0.717, 1.165) is 25.9 Å². The van der Waals surface area contributed by atoms with Gasteiger partial charge in [-0.15, -0.1) is 0 Å². The first-order chi connectivity index (χ1) is 8.66. The van der Waals surface area contributed by atoms with Gasteiger partial charge in [0.2, 0.25) is 11.2 Å². The third-order valence-electron chi connectivity index (χ3n) is 3.03. The Bertz CT molecular complexity index is 420. The maximum absolute atomic E-state index is 12.2. The third kappa shape index (κ3) is 3.32. The smallest absolute Gasteiger partial charge is 0.244 e. The summed E-state index contributed by atoms with van der Waals surface area (Å²) in [7, 11) is 0. The highest BCUT2D eigenvalue weighted by atomic mass is 35.5. The van der Waals surface area contributed by atoms with Crippen LogP contribution in [0.25, 0.3) is 0 Å². The zero-order chi connectivity index (χ0) is 13.0. The molecule has 2 rings (SSSR count). The normalized spacial score (nSPS) is 17.3. The summed E-state index contributed by atoms with van der Waals surface area (Å²) in [4.78, 5) is 21.9. The van der Waals surface area contributed by atoms with Gasteiger partial charge in [0.1, 0.15) is 11.9 Å². The number of nitrogens with one attached hydrogen (secondary N) is 1. The molecule has 0 bridgehead atoms. The average molecular weight is 269 g/mol. The lowest BCUT2D eigenvalue weighted by atomic mass is 10.1. The standard InChI is InChI=1S/C12H17ClN4O/c1-9(11(18)17-7-3-2-4-8-17)15-10-5-6-14-12(13)16-10/h5-6,9H,2-4,7-8H2,1H3,(H,14,15,16). The Kier molecular flexibility index (Phi) is 4.36. The van der Waals surface area contributed by atoms with Gasteiger partial charge in [0.15, 0.2) is 0 Å². The molecule has 1 saturated heterocycles. The van der Waals surface area contributed by atoms with E-state index in [9.17, 15) is 4.79 Å². The monoisotopic (exact) mass is 268 g/mol. The minimum Gasteiger partial charge on any atom is -0.358 e. The summed E-state index contributed by atoms with van der Waals surface area (Å²) in [5.74, 6) is 0.692. The van der Waals surface area contributed by atoms with E-state index in [1.54, 1.807) is 12.3 Å². The third-order valence-corrected chi connectivity index (χ3v) is 3.21. The molecule has 0 radical (unpaired) electrons. The summed E-state index contributed by atoms with van der Waals surface area (Å²) >= 11 is 5.70. The molecule has 1 aromatic heterocycles. The molecule has 5 nitrogen and oxygen atoms in total. The zero-order valence-corrected chi connectivity index (χ0v) is 11.2. The van der Waals surface area contributed by atoms with Gasteiger partial charge in [0.05, 0.1) is 0 Å². The molecule has 1 aromatic rings. The molecule has 0 aromatic carbocycles. The van der Waals surface area contributed by atoms with E-state index in [0.29, 0.717) is 5.82 Å². The Labute approximate surface area is 112 Å². The van der Waals surface area contributed by atoms with Gasteiger partial charge in [0, 0.05) is 19.3 Å². The largest absolute Gasteiger partial charge is 0.358 e. The molecule has 0 aliphatic carbocycles. The van der Waals surface area contributed by atoms with Crippen LogP contribution in [0, 0.1) is 0 Å². The topological polar surface area (TPSA) is 58.1 Å². The molecule has 0 spiro atoms. The van der Waals surface area contributed by atoms with Gasteiger partial charge in [-0.25, -0.2) is 9.97 Å². The van der Waals surface area contributed by atoms with Gasteiger partial charge in [-0.05, 0) is 43.9 Å². The van der Waals surface area contributed by atoms with Crippen molar-refractivity contribution < 1.29 is 4.79 Å². The number of halogens is 1. The van der Waals surface area contributed by atoms with Crippen molar-refractivity contribution in [2.24, 2.45) is 0 Å². The summed E-state index contributed by atoms with van der Waals surface area (Å²) in [6, 6.07) is 1.40. The number of anilines is 1. The van der Waals surface area contributed by atoms with E-state index < -0.39 is 0 Å². The number of hydrogen-bond donors (Lipinski definition) is 1. The first kappa shape index (κ1) is 13.1. The number of amides is 1. The number of aromatic nitrogens is 2. The van der Waals surface area contributed by atoms with Gasteiger partial charge < -0.3 is 10.2 Å². The summed E-state index contributed by atoms with van der Waals surface area (Å²) in [5, 5.41) is 3.23. The Morgan fingerprint density at radius 3 is 2.83 bits per heavy atom. The number of piperidine rings is 1. The molecule has 1 aliphatic heterocycles. The Morgan fingerprint density at radius 2 is 2.17 bits per heavy atom. The maximum atomic E-state index is 12.2. The SMILES string of the molecule is CC(Nc1ccnc(Cl)n1)C(=O)N1CCCCC1. The van der Waals surface area contributed by atoms with Crippen LogP contribution in [-0.4, -0.2) is 39.9 Å². The van der Waals surface area contributed by atoms with Gasteiger partial charge >= 0.3 is 0 Å². The number of likely N-dealkylation sites (tertiary alicyclic amines) is 1. The minimum atomic E-state index is -0.297. The second kappa shape index (κ2) is 6.00. The lowest BCUT2D eigenvalue weighted by molar-refractivity contribution is -0.132. The van der Waals surface area contributed by atoms with Crippen LogP contribution >= 0.6 is 11.6 Å². The van der Waals surface area contributed by atoms with Crippen molar-refractivity contribution in [1.29, 1.82) is 0 Å². The first-order valence-corrected chi connectivity index (χ1v) is 6.58. The van der Waals surface area contributed by atoms with Crippen LogP contribution < -0.4 is 5.32 Å². The number of hydrogen-bond acceptors (Lipinski definition) is 4. The van der Waals surface area contributed by atoms with Crippen molar-refractivity contribution in [2.75, 3.05) is 18.4 Å². The van der Waals surface area contributed by atoms with Crippen LogP contribution in [-0.2, 0) is 4.79 Å². The van der Waals surface area contributed by atoms with Gasteiger partial charge in [-0.1, -0.05) is 0 Å². The van der Waals surface area contributed by atoms with Crippen molar-refractivity contribution in [3.05, 3.63) is 17.5 Å². The molecular weight excluding hydrogens is 252 g/mol. The van der Waals surface area contributed by atoms with Crippen molar-refractivity contribution >= 4 is 23.3 Å². The van der Waals surface area contributed by atoms with E-state index in [1.165, 1.54) is 6.42 Å². The van der Waals surface area contributed by atoms with E-state index in [4.69, 9.17) is 11.6 Å². The van der Waals surface area contributed by atoms with Crippen LogP contribution in [0.5, 0.6) is 0 Å². The number of nitrogens with zero attached hydrogens (tertiary/aromatic N) is 3. The number of carbonyl (C=O) groups excluding carboxylic acids is 1. The molecule has 0 saturated carbocycles. The van der Waals surface area contributed by atoms with Crippen LogP contribution in [0.1, 0.15) is 26.2 Å². The average Bonchev–Trinajstić information content (AvgIpc) is 2.39.